The Hall–Kier alpha value is -2.16. The average molecular weight is 440 g/mol. The van der Waals surface area contributed by atoms with Crippen LogP contribution in [-0.2, 0) is 21.2 Å². The molecule has 9 heteroatoms. The molecule has 2 aromatic carbocycles. The van der Waals surface area contributed by atoms with Crippen LogP contribution in [0.15, 0.2) is 48.5 Å². The molecule has 0 atom stereocenters. The lowest BCUT2D eigenvalue weighted by Crippen LogP contribution is -2.50. The van der Waals surface area contributed by atoms with E-state index in [-0.39, 0.29) is 30.4 Å². The van der Waals surface area contributed by atoms with Crippen LogP contribution in [0.5, 0.6) is 0 Å². The summed E-state index contributed by atoms with van der Waals surface area (Å²) >= 11 is 5.90. The molecule has 0 spiro atoms. The Morgan fingerprint density at radius 1 is 1.00 bits per heavy atom. The summed E-state index contributed by atoms with van der Waals surface area (Å²) < 4.78 is 39.5. The summed E-state index contributed by atoms with van der Waals surface area (Å²) in [4.78, 5) is 14.1. The van der Waals surface area contributed by atoms with E-state index in [1.807, 2.05) is 24.3 Å². The molecule has 1 amide bonds. The fourth-order valence-corrected chi connectivity index (χ4v) is 4.64. The van der Waals surface area contributed by atoms with E-state index in [4.69, 9.17) is 11.6 Å². The van der Waals surface area contributed by atoms with Gasteiger partial charge >= 0.3 is 0 Å². The normalized spacial score (nSPS) is 15.3. The predicted molar refractivity (Wildman–Crippen MR) is 112 cm³/mol. The highest BCUT2D eigenvalue weighted by Gasteiger charge is 2.26. The van der Waals surface area contributed by atoms with E-state index in [0.717, 1.165) is 5.69 Å². The van der Waals surface area contributed by atoms with Crippen LogP contribution in [0.3, 0.4) is 0 Å². The fourth-order valence-electron chi connectivity index (χ4n) is 3.18. The number of benzene rings is 2. The SMILES string of the molecule is O=C(Cc1ccc(F)cc1)NCCS(=O)(=O)N1CCN(c2ccc(Cl)cc2)CC1. The number of sulfonamides is 1. The molecule has 156 valence electrons. The zero-order valence-corrected chi connectivity index (χ0v) is 17.4. The first-order chi connectivity index (χ1) is 13.8. The molecule has 0 aromatic heterocycles. The molecule has 0 unspecified atom stereocenters. The molecular weight excluding hydrogens is 417 g/mol. The first-order valence-corrected chi connectivity index (χ1v) is 11.3. The maximum atomic E-state index is 12.9. The van der Waals surface area contributed by atoms with E-state index in [9.17, 15) is 17.6 Å². The molecule has 1 aliphatic heterocycles. The summed E-state index contributed by atoms with van der Waals surface area (Å²) in [5.74, 6) is -0.806. The summed E-state index contributed by atoms with van der Waals surface area (Å²) in [5, 5.41) is 3.28. The minimum absolute atomic E-state index is 0.0414. The Balaban J connectivity index is 1.43. The lowest BCUT2D eigenvalue weighted by atomic mass is 10.1. The third-order valence-corrected chi connectivity index (χ3v) is 6.91. The Bertz CT molecular complexity index is 928. The second kappa shape index (κ2) is 9.56. The fraction of sp³-hybridized carbons (Fsp3) is 0.350. The highest BCUT2D eigenvalue weighted by molar-refractivity contribution is 7.89. The van der Waals surface area contributed by atoms with E-state index in [2.05, 4.69) is 10.2 Å². The number of rotatable bonds is 7. The number of hydrogen-bond donors (Lipinski definition) is 1. The molecule has 1 fully saturated rings. The van der Waals surface area contributed by atoms with Gasteiger partial charge in [-0.2, -0.15) is 4.31 Å². The highest BCUT2D eigenvalue weighted by Crippen LogP contribution is 2.20. The summed E-state index contributed by atoms with van der Waals surface area (Å²) in [7, 11) is -3.45. The highest BCUT2D eigenvalue weighted by atomic mass is 35.5. The van der Waals surface area contributed by atoms with Gasteiger partial charge in [-0.3, -0.25) is 4.79 Å². The molecular formula is C20H23ClFN3O3S. The molecule has 2 aromatic rings. The first kappa shape index (κ1) is 21.5. The summed E-state index contributed by atoms with van der Waals surface area (Å²) in [6.45, 7) is 2.03. The lowest BCUT2D eigenvalue weighted by Gasteiger charge is -2.35. The number of amides is 1. The molecule has 1 heterocycles. The van der Waals surface area contributed by atoms with Crippen molar-refractivity contribution in [1.82, 2.24) is 9.62 Å². The summed E-state index contributed by atoms with van der Waals surface area (Å²) in [6, 6.07) is 13.1. The van der Waals surface area contributed by atoms with Gasteiger partial charge in [-0.25, -0.2) is 12.8 Å². The molecule has 1 saturated heterocycles. The monoisotopic (exact) mass is 439 g/mol. The first-order valence-electron chi connectivity index (χ1n) is 9.33. The number of carbonyl (C=O) groups is 1. The van der Waals surface area contributed by atoms with Crippen molar-refractivity contribution >= 4 is 33.2 Å². The van der Waals surface area contributed by atoms with Crippen molar-refractivity contribution in [2.45, 2.75) is 6.42 Å². The molecule has 0 saturated carbocycles. The Kier molecular flexibility index (Phi) is 7.10. The largest absolute Gasteiger partial charge is 0.369 e. The van der Waals surface area contributed by atoms with Crippen LogP contribution in [0.2, 0.25) is 5.02 Å². The molecule has 0 radical (unpaired) electrons. The van der Waals surface area contributed by atoms with E-state index in [1.165, 1.54) is 28.6 Å². The number of carbonyl (C=O) groups excluding carboxylic acids is 1. The standard InChI is InChI=1S/C20H23ClFN3O3S/c21-17-3-7-19(8-4-17)24-10-12-25(13-11-24)29(27,28)14-9-23-20(26)15-16-1-5-18(22)6-2-16/h1-8H,9-15H2,(H,23,26). The van der Waals surface area contributed by atoms with E-state index in [1.54, 1.807) is 0 Å². The second-order valence-electron chi connectivity index (χ2n) is 6.83. The van der Waals surface area contributed by atoms with Gasteiger partial charge in [0.05, 0.1) is 12.2 Å². The van der Waals surface area contributed by atoms with Gasteiger partial charge in [-0.1, -0.05) is 23.7 Å². The number of nitrogens with zero attached hydrogens (tertiary/aromatic N) is 2. The molecule has 1 aliphatic rings. The molecule has 0 aliphatic carbocycles. The van der Waals surface area contributed by atoms with Gasteiger partial charge in [-0.15, -0.1) is 0 Å². The van der Waals surface area contributed by atoms with Crippen molar-refractivity contribution in [3.05, 3.63) is 64.9 Å². The molecule has 29 heavy (non-hydrogen) atoms. The third-order valence-electron chi connectivity index (χ3n) is 4.78. The number of anilines is 1. The van der Waals surface area contributed by atoms with Crippen LogP contribution in [0, 0.1) is 5.82 Å². The second-order valence-corrected chi connectivity index (χ2v) is 9.36. The predicted octanol–water partition coefficient (Wildman–Crippen LogP) is 2.29. The van der Waals surface area contributed by atoms with Gasteiger partial charge in [0.2, 0.25) is 15.9 Å². The number of nitrogens with one attached hydrogen (secondary N) is 1. The van der Waals surface area contributed by atoms with Crippen LogP contribution in [0.1, 0.15) is 5.56 Å². The number of hydrogen-bond acceptors (Lipinski definition) is 4. The number of halogens is 2. The number of piperazine rings is 1. The van der Waals surface area contributed by atoms with Crippen LogP contribution in [0.4, 0.5) is 10.1 Å². The van der Waals surface area contributed by atoms with Crippen LogP contribution in [0.25, 0.3) is 0 Å². The van der Waals surface area contributed by atoms with E-state index < -0.39 is 10.0 Å². The van der Waals surface area contributed by atoms with Gasteiger partial charge in [0, 0.05) is 43.4 Å². The maximum Gasteiger partial charge on any atom is 0.224 e. The van der Waals surface area contributed by atoms with Gasteiger partial charge in [-0.05, 0) is 42.0 Å². The van der Waals surface area contributed by atoms with Crippen molar-refractivity contribution in [2.75, 3.05) is 43.4 Å². The quantitative estimate of drug-likeness (QED) is 0.718. The topological polar surface area (TPSA) is 69.7 Å². The Morgan fingerprint density at radius 3 is 2.24 bits per heavy atom. The van der Waals surface area contributed by atoms with Gasteiger partial charge in [0.15, 0.2) is 0 Å². The van der Waals surface area contributed by atoms with Crippen molar-refractivity contribution < 1.29 is 17.6 Å². The van der Waals surface area contributed by atoms with Crippen LogP contribution in [-0.4, -0.2) is 57.1 Å². The molecule has 6 nitrogen and oxygen atoms in total. The smallest absolute Gasteiger partial charge is 0.224 e. The zero-order valence-electron chi connectivity index (χ0n) is 15.9. The molecule has 1 N–H and O–H groups in total. The Morgan fingerprint density at radius 2 is 1.62 bits per heavy atom. The zero-order chi connectivity index (χ0) is 20.9. The van der Waals surface area contributed by atoms with Crippen molar-refractivity contribution in [3.8, 4) is 0 Å². The van der Waals surface area contributed by atoms with Crippen LogP contribution >= 0.6 is 11.6 Å². The van der Waals surface area contributed by atoms with E-state index in [0.29, 0.717) is 36.8 Å². The third kappa shape index (κ3) is 6.16. The minimum Gasteiger partial charge on any atom is -0.369 e. The molecule has 0 bridgehead atoms. The van der Waals surface area contributed by atoms with Crippen molar-refractivity contribution in [3.63, 3.8) is 0 Å². The van der Waals surface area contributed by atoms with Gasteiger partial charge in [0.25, 0.3) is 0 Å². The average Bonchev–Trinajstić information content (AvgIpc) is 2.70. The maximum absolute atomic E-state index is 12.9. The van der Waals surface area contributed by atoms with Gasteiger partial charge in [0.1, 0.15) is 5.82 Å². The molecule has 3 rings (SSSR count). The van der Waals surface area contributed by atoms with Crippen LogP contribution < -0.4 is 10.2 Å². The van der Waals surface area contributed by atoms with E-state index >= 15 is 0 Å². The minimum atomic E-state index is -3.45. The lowest BCUT2D eigenvalue weighted by molar-refractivity contribution is -0.120. The van der Waals surface area contributed by atoms with Crippen molar-refractivity contribution in [2.24, 2.45) is 0 Å². The summed E-state index contributed by atoms with van der Waals surface area (Å²) in [5.41, 5.74) is 1.68. The Labute approximate surface area is 175 Å². The van der Waals surface area contributed by atoms with Crippen molar-refractivity contribution in [1.29, 1.82) is 0 Å². The summed E-state index contributed by atoms with van der Waals surface area (Å²) in [6.07, 6.45) is 0.0834. The van der Waals surface area contributed by atoms with Gasteiger partial charge < -0.3 is 10.2 Å².